The van der Waals surface area contributed by atoms with Gasteiger partial charge in [0.15, 0.2) is 0 Å². The summed E-state index contributed by atoms with van der Waals surface area (Å²) in [4.78, 5) is 0. The fourth-order valence-corrected chi connectivity index (χ4v) is 0.528. The number of hydrogen-bond acceptors (Lipinski definition) is 3. The fraction of sp³-hybridized carbons (Fsp3) is 0.667. The van der Waals surface area contributed by atoms with Gasteiger partial charge in [-0.15, -0.1) is 0 Å². The Balaban J connectivity index is 3.92. The largest absolute Gasteiger partial charge is 0.328 e. The van der Waals surface area contributed by atoms with E-state index in [0.29, 0.717) is 6.42 Å². The molecule has 4 heteroatoms. The van der Waals surface area contributed by atoms with Crippen LogP contribution in [0.5, 0.6) is 0 Å². The molecule has 0 fully saturated rings. The Hall–Kier alpha value is -0.690. The van der Waals surface area contributed by atoms with Gasteiger partial charge in [0.2, 0.25) is 0 Å². The van der Waals surface area contributed by atoms with E-state index in [-0.39, 0.29) is 5.75 Å². The predicted molar refractivity (Wildman–Crippen MR) is 38.6 cm³/mol. The van der Waals surface area contributed by atoms with Gasteiger partial charge >= 0.3 is 10.1 Å². The van der Waals surface area contributed by atoms with Crippen molar-refractivity contribution < 1.29 is 12.6 Å². The van der Waals surface area contributed by atoms with Gasteiger partial charge in [0.05, 0.1) is 5.75 Å². The molecule has 0 atom stereocenters. The first-order valence-electron chi connectivity index (χ1n) is 3.01. The predicted octanol–water partition coefficient (Wildman–Crippen LogP) is 0.724. The summed E-state index contributed by atoms with van der Waals surface area (Å²) in [5, 5.41) is 0. The molecule has 0 saturated carbocycles. The molecule has 0 aromatic heterocycles. The van der Waals surface area contributed by atoms with Crippen LogP contribution in [0.1, 0.15) is 20.3 Å². The molecule has 0 bridgehead atoms. The van der Waals surface area contributed by atoms with Crippen molar-refractivity contribution in [2.75, 3.05) is 5.75 Å². The molecule has 0 unspecified atom stereocenters. The third kappa shape index (κ3) is 4.21. The molecule has 0 spiro atoms. The van der Waals surface area contributed by atoms with E-state index < -0.39 is 10.1 Å². The highest BCUT2D eigenvalue weighted by atomic mass is 32.2. The zero-order chi connectivity index (χ0) is 8.04. The summed E-state index contributed by atoms with van der Waals surface area (Å²) in [6.07, 6.45) is 2.68. The van der Waals surface area contributed by atoms with E-state index in [1.165, 1.54) is 6.92 Å². The molecule has 0 heterocycles. The van der Waals surface area contributed by atoms with Crippen molar-refractivity contribution in [2.45, 2.75) is 20.3 Å². The molecule has 10 heavy (non-hydrogen) atoms. The van der Waals surface area contributed by atoms with Crippen LogP contribution in [0.3, 0.4) is 0 Å². The Labute approximate surface area is 61.5 Å². The van der Waals surface area contributed by atoms with Gasteiger partial charge in [-0.05, 0) is 6.92 Å². The lowest BCUT2D eigenvalue weighted by Gasteiger charge is -1.92. The first kappa shape index (κ1) is 9.31. The lowest BCUT2D eigenvalue weighted by molar-refractivity contribution is 0.466. The topological polar surface area (TPSA) is 43.4 Å². The maximum absolute atomic E-state index is 10.5. The van der Waals surface area contributed by atoms with Crippen LogP contribution in [0.15, 0.2) is 0 Å². The maximum Gasteiger partial charge on any atom is 0.316 e. The van der Waals surface area contributed by atoms with Crippen LogP contribution in [0.2, 0.25) is 0 Å². The first-order valence-corrected chi connectivity index (χ1v) is 4.59. The van der Waals surface area contributed by atoms with Crippen molar-refractivity contribution in [1.82, 2.24) is 0 Å². The summed E-state index contributed by atoms with van der Waals surface area (Å²) in [5.41, 5.74) is 0. The minimum atomic E-state index is -3.37. The highest BCUT2D eigenvalue weighted by Crippen LogP contribution is 1.88. The SMILES string of the molecule is CCC#COS(=O)(=O)CC. The van der Waals surface area contributed by atoms with Crippen molar-refractivity contribution in [2.24, 2.45) is 0 Å². The van der Waals surface area contributed by atoms with E-state index in [9.17, 15) is 8.42 Å². The molecule has 0 aliphatic rings. The van der Waals surface area contributed by atoms with Gasteiger partial charge in [0, 0.05) is 6.42 Å². The molecule has 0 saturated heterocycles. The van der Waals surface area contributed by atoms with Gasteiger partial charge < -0.3 is 4.18 Å². The van der Waals surface area contributed by atoms with E-state index in [1.54, 1.807) is 0 Å². The van der Waals surface area contributed by atoms with Gasteiger partial charge in [0.25, 0.3) is 0 Å². The quantitative estimate of drug-likeness (QED) is 0.444. The fourth-order valence-electron chi connectivity index (χ4n) is 0.224. The van der Waals surface area contributed by atoms with Crippen LogP contribution in [-0.2, 0) is 14.3 Å². The Bertz CT molecular complexity index is 229. The van der Waals surface area contributed by atoms with Crippen molar-refractivity contribution in [3.63, 3.8) is 0 Å². The zero-order valence-electron chi connectivity index (χ0n) is 6.05. The lowest BCUT2D eigenvalue weighted by atomic mass is 10.5. The van der Waals surface area contributed by atoms with Crippen molar-refractivity contribution in [1.29, 1.82) is 0 Å². The average molecular weight is 162 g/mol. The molecule has 0 N–H and O–H groups in total. The highest BCUT2D eigenvalue weighted by molar-refractivity contribution is 7.86. The van der Waals surface area contributed by atoms with Crippen LogP contribution in [0, 0.1) is 12.0 Å². The van der Waals surface area contributed by atoms with Crippen LogP contribution >= 0.6 is 0 Å². The lowest BCUT2D eigenvalue weighted by Crippen LogP contribution is -2.03. The summed E-state index contributed by atoms with van der Waals surface area (Å²) in [7, 11) is -3.37. The van der Waals surface area contributed by atoms with Gasteiger partial charge in [-0.1, -0.05) is 12.8 Å². The van der Waals surface area contributed by atoms with Crippen molar-refractivity contribution in [3.05, 3.63) is 0 Å². The number of hydrogen-bond donors (Lipinski definition) is 0. The van der Waals surface area contributed by atoms with Crippen LogP contribution < -0.4 is 0 Å². The van der Waals surface area contributed by atoms with Crippen LogP contribution in [0.25, 0.3) is 0 Å². The van der Waals surface area contributed by atoms with Crippen molar-refractivity contribution in [3.8, 4) is 12.0 Å². The molecule has 58 valence electrons. The van der Waals surface area contributed by atoms with Crippen LogP contribution in [0.4, 0.5) is 0 Å². The first-order chi connectivity index (χ1) is 4.62. The van der Waals surface area contributed by atoms with Crippen molar-refractivity contribution >= 4 is 10.1 Å². The van der Waals surface area contributed by atoms with E-state index >= 15 is 0 Å². The van der Waals surface area contributed by atoms with E-state index in [2.05, 4.69) is 16.2 Å². The molecule has 0 aromatic carbocycles. The molecular formula is C6H10O3S. The molecule has 0 aromatic rings. The molecule has 0 radical (unpaired) electrons. The van der Waals surface area contributed by atoms with Gasteiger partial charge in [-0.25, -0.2) is 0 Å². The molecule has 0 aliphatic heterocycles. The smallest absolute Gasteiger partial charge is 0.316 e. The zero-order valence-corrected chi connectivity index (χ0v) is 6.86. The van der Waals surface area contributed by atoms with E-state index in [4.69, 9.17) is 0 Å². The summed E-state index contributed by atoms with van der Waals surface area (Å²) in [6.45, 7) is 3.32. The second-order valence-corrected chi connectivity index (χ2v) is 3.42. The molecule has 0 amide bonds. The minimum Gasteiger partial charge on any atom is -0.328 e. The monoisotopic (exact) mass is 162 g/mol. The maximum atomic E-state index is 10.5. The molecular weight excluding hydrogens is 152 g/mol. The average Bonchev–Trinajstić information content (AvgIpc) is 1.89. The summed E-state index contributed by atoms with van der Waals surface area (Å²) in [5.74, 6) is 2.45. The molecule has 0 rings (SSSR count). The van der Waals surface area contributed by atoms with Gasteiger partial charge in [0.1, 0.15) is 6.11 Å². The Kier molecular flexibility index (Phi) is 3.89. The summed E-state index contributed by atoms with van der Waals surface area (Å²) in [6, 6.07) is 0. The Morgan fingerprint density at radius 2 is 2.00 bits per heavy atom. The summed E-state index contributed by atoms with van der Waals surface area (Å²) >= 11 is 0. The normalized spacial score (nSPS) is 9.80. The van der Waals surface area contributed by atoms with E-state index in [0.717, 1.165) is 0 Å². The van der Waals surface area contributed by atoms with Gasteiger partial charge in [-0.3, -0.25) is 0 Å². The van der Waals surface area contributed by atoms with E-state index in [1.807, 2.05) is 6.92 Å². The minimum absolute atomic E-state index is 0.0363. The Morgan fingerprint density at radius 1 is 1.40 bits per heavy atom. The third-order valence-corrected chi connectivity index (χ3v) is 1.82. The Morgan fingerprint density at radius 3 is 2.40 bits per heavy atom. The summed E-state index contributed by atoms with van der Waals surface area (Å²) < 4.78 is 25.3. The second-order valence-electron chi connectivity index (χ2n) is 1.56. The van der Waals surface area contributed by atoms with Gasteiger partial charge in [-0.2, -0.15) is 8.42 Å². The third-order valence-electron chi connectivity index (χ3n) is 0.771. The highest BCUT2D eigenvalue weighted by Gasteiger charge is 2.03. The second kappa shape index (κ2) is 4.18. The number of rotatable bonds is 2. The van der Waals surface area contributed by atoms with Crippen LogP contribution in [-0.4, -0.2) is 14.2 Å². The standard InChI is InChI=1S/C6H10O3S/c1-3-5-6-9-10(7,8)4-2/h3-4H2,1-2H3. The molecule has 0 aliphatic carbocycles. The molecule has 3 nitrogen and oxygen atoms in total.